The third-order valence-corrected chi connectivity index (χ3v) is 4.30. The Balaban J connectivity index is 1.96. The van der Waals surface area contributed by atoms with E-state index in [1.807, 2.05) is 29.6 Å². The Morgan fingerprint density at radius 1 is 1.35 bits per heavy atom. The molecule has 2 N–H and O–H groups in total. The molecule has 0 aliphatic rings. The van der Waals surface area contributed by atoms with Crippen LogP contribution in [-0.2, 0) is 5.54 Å². The molecule has 0 fully saturated rings. The lowest BCUT2D eigenvalue weighted by molar-refractivity contribution is 0.161. The van der Waals surface area contributed by atoms with Gasteiger partial charge in [0.15, 0.2) is 0 Å². The monoisotopic (exact) mass is 292 g/mol. The molecule has 0 radical (unpaired) electrons. The number of aromatic nitrogens is 1. The van der Waals surface area contributed by atoms with Gasteiger partial charge >= 0.3 is 0 Å². The first kappa shape index (κ1) is 15.0. The van der Waals surface area contributed by atoms with Gasteiger partial charge in [-0.25, -0.2) is 4.98 Å². The number of rotatable bonds is 6. The molecule has 0 aliphatic carbocycles. The van der Waals surface area contributed by atoms with E-state index < -0.39 is 6.10 Å². The van der Waals surface area contributed by atoms with Crippen LogP contribution in [0, 0.1) is 0 Å². The molecule has 0 saturated heterocycles. The van der Waals surface area contributed by atoms with Crippen molar-refractivity contribution in [3.05, 3.63) is 46.4 Å². The van der Waals surface area contributed by atoms with Gasteiger partial charge in [0.2, 0.25) is 0 Å². The second-order valence-electron chi connectivity index (χ2n) is 5.13. The zero-order valence-corrected chi connectivity index (χ0v) is 12.8. The van der Waals surface area contributed by atoms with Crippen molar-refractivity contribution in [1.29, 1.82) is 0 Å². The summed E-state index contributed by atoms with van der Waals surface area (Å²) in [4.78, 5) is 4.32. The van der Waals surface area contributed by atoms with Gasteiger partial charge in [0.25, 0.3) is 0 Å². The molecular formula is C15H20N2O2S. The zero-order chi connectivity index (χ0) is 14.6. The molecule has 2 aromatic rings. The number of hydrogen-bond acceptors (Lipinski definition) is 5. The Kier molecular flexibility index (Phi) is 4.75. The van der Waals surface area contributed by atoms with Gasteiger partial charge in [0, 0.05) is 18.1 Å². The maximum atomic E-state index is 10.2. The van der Waals surface area contributed by atoms with E-state index in [0.29, 0.717) is 6.54 Å². The predicted molar refractivity (Wildman–Crippen MR) is 81.1 cm³/mol. The summed E-state index contributed by atoms with van der Waals surface area (Å²) in [6.45, 7) is 4.60. The fourth-order valence-corrected chi connectivity index (χ4v) is 2.64. The third-order valence-electron chi connectivity index (χ3n) is 3.20. The summed E-state index contributed by atoms with van der Waals surface area (Å²) in [6.07, 6.45) is 1.24. The van der Waals surface area contributed by atoms with Crippen molar-refractivity contribution in [2.75, 3.05) is 13.7 Å². The lowest BCUT2D eigenvalue weighted by atomic mass is 10.0. The largest absolute Gasteiger partial charge is 0.497 e. The first-order chi connectivity index (χ1) is 9.53. The number of aliphatic hydroxyl groups excluding tert-OH is 1. The van der Waals surface area contributed by atoms with E-state index in [-0.39, 0.29) is 5.54 Å². The summed E-state index contributed by atoms with van der Waals surface area (Å²) in [7, 11) is 1.63. The fraction of sp³-hybridized carbons (Fsp3) is 0.400. The minimum absolute atomic E-state index is 0.248. The van der Waals surface area contributed by atoms with Crippen molar-refractivity contribution in [2.45, 2.75) is 25.5 Å². The topological polar surface area (TPSA) is 54.4 Å². The molecule has 0 amide bonds. The SMILES string of the molecule is COc1ccc(C(O)CNC(C)(C)c2nccs2)cc1. The summed E-state index contributed by atoms with van der Waals surface area (Å²) in [6, 6.07) is 7.46. The summed E-state index contributed by atoms with van der Waals surface area (Å²) in [5.74, 6) is 0.789. The van der Waals surface area contributed by atoms with Crippen molar-refractivity contribution < 1.29 is 9.84 Å². The van der Waals surface area contributed by atoms with E-state index in [2.05, 4.69) is 24.1 Å². The molecule has 5 heteroatoms. The number of ether oxygens (including phenoxy) is 1. The fourth-order valence-electron chi connectivity index (χ4n) is 1.90. The molecule has 1 heterocycles. The third kappa shape index (κ3) is 3.56. The van der Waals surface area contributed by atoms with Gasteiger partial charge in [-0.2, -0.15) is 0 Å². The van der Waals surface area contributed by atoms with Crippen molar-refractivity contribution in [2.24, 2.45) is 0 Å². The van der Waals surface area contributed by atoms with Gasteiger partial charge in [-0.1, -0.05) is 12.1 Å². The van der Waals surface area contributed by atoms with E-state index in [9.17, 15) is 5.11 Å². The quantitative estimate of drug-likeness (QED) is 0.859. The van der Waals surface area contributed by atoms with Crippen LogP contribution in [0.25, 0.3) is 0 Å². The Morgan fingerprint density at radius 3 is 2.60 bits per heavy atom. The number of methoxy groups -OCH3 is 1. The predicted octanol–water partition coefficient (Wildman–Crippen LogP) is 2.71. The summed E-state index contributed by atoms with van der Waals surface area (Å²) in [5.41, 5.74) is 0.620. The first-order valence-corrected chi connectivity index (χ1v) is 7.38. The molecule has 0 aliphatic heterocycles. The standard InChI is InChI=1S/C15H20N2O2S/c1-15(2,14-16-8-9-20-14)17-10-13(18)11-4-6-12(19-3)7-5-11/h4-9,13,17-18H,10H2,1-3H3. The molecule has 108 valence electrons. The molecule has 0 bridgehead atoms. The van der Waals surface area contributed by atoms with Crippen LogP contribution in [0.2, 0.25) is 0 Å². The summed E-state index contributed by atoms with van der Waals surface area (Å²) in [5, 5.41) is 16.5. The van der Waals surface area contributed by atoms with Crippen LogP contribution in [0.4, 0.5) is 0 Å². The van der Waals surface area contributed by atoms with Crippen LogP contribution in [0.1, 0.15) is 30.5 Å². The van der Waals surface area contributed by atoms with Gasteiger partial charge in [-0.3, -0.25) is 0 Å². The van der Waals surface area contributed by atoms with Crippen LogP contribution in [0.3, 0.4) is 0 Å². The van der Waals surface area contributed by atoms with Crippen molar-refractivity contribution in [3.8, 4) is 5.75 Å². The highest BCUT2D eigenvalue weighted by Crippen LogP contribution is 2.23. The van der Waals surface area contributed by atoms with Crippen molar-refractivity contribution in [3.63, 3.8) is 0 Å². The highest BCUT2D eigenvalue weighted by Gasteiger charge is 2.23. The van der Waals surface area contributed by atoms with Crippen LogP contribution in [-0.4, -0.2) is 23.7 Å². The molecule has 1 aromatic carbocycles. The minimum atomic E-state index is -0.555. The maximum Gasteiger partial charge on any atom is 0.118 e. The molecule has 20 heavy (non-hydrogen) atoms. The smallest absolute Gasteiger partial charge is 0.118 e. The molecule has 1 unspecified atom stereocenters. The molecule has 0 saturated carbocycles. The van der Waals surface area contributed by atoms with Crippen molar-refractivity contribution >= 4 is 11.3 Å². The molecule has 1 atom stereocenters. The van der Waals surface area contributed by atoms with Gasteiger partial charge in [0.05, 0.1) is 18.8 Å². The van der Waals surface area contributed by atoms with Gasteiger partial charge in [-0.15, -0.1) is 11.3 Å². The molecule has 1 aromatic heterocycles. The second-order valence-corrected chi connectivity index (χ2v) is 6.03. The molecular weight excluding hydrogens is 272 g/mol. The highest BCUT2D eigenvalue weighted by atomic mass is 32.1. The average molecular weight is 292 g/mol. The molecule has 2 rings (SSSR count). The van der Waals surface area contributed by atoms with E-state index >= 15 is 0 Å². The lowest BCUT2D eigenvalue weighted by Gasteiger charge is -2.25. The Morgan fingerprint density at radius 2 is 2.05 bits per heavy atom. The maximum absolute atomic E-state index is 10.2. The van der Waals surface area contributed by atoms with Gasteiger partial charge < -0.3 is 15.2 Å². The average Bonchev–Trinajstić information content (AvgIpc) is 3.00. The van der Waals surface area contributed by atoms with E-state index in [0.717, 1.165) is 16.3 Å². The number of nitrogens with zero attached hydrogens (tertiary/aromatic N) is 1. The number of hydrogen-bond donors (Lipinski definition) is 2. The number of benzene rings is 1. The van der Waals surface area contributed by atoms with E-state index in [4.69, 9.17) is 4.74 Å². The summed E-state index contributed by atoms with van der Waals surface area (Å²) >= 11 is 1.61. The normalized spacial score (nSPS) is 13.2. The molecule has 0 spiro atoms. The van der Waals surface area contributed by atoms with Crippen LogP contribution < -0.4 is 10.1 Å². The van der Waals surface area contributed by atoms with Crippen LogP contribution >= 0.6 is 11.3 Å². The van der Waals surface area contributed by atoms with Crippen LogP contribution in [0.5, 0.6) is 5.75 Å². The zero-order valence-electron chi connectivity index (χ0n) is 12.0. The van der Waals surface area contributed by atoms with E-state index in [1.165, 1.54) is 0 Å². The number of thiazole rings is 1. The van der Waals surface area contributed by atoms with Gasteiger partial charge in [-0.05, 0) is 31.5 Å². The minimum Gasteiger partial charge on any atom is -0.497 e. The summed E-state index contributed by atoms with van der Waals surface area (Å²) < 4.78 is 5.11. The molecule has 4 nitrogen and oxygen atoms in total. The number of aliphatic hydroxyl groups is 1. The van der Waals surface area contributed by atoms with Crippen LogP contribution in [0.15, 0.2) is 35.8 Å². The lowest BCUT2D eigenvalue weighted by Crippen LogP contribution is -2.39. The Labute approximate surface area is 123 Å². The van der Waals surface area contributed by atoms with E-state index in [1.54, 1.807) is 24.6 Å². The van der Waals surface area contributed by atoms with Gasteiger partial charge in [0.1, 0.15) is 10.8 Å². The Hall–Kier alpha value is -1.43. The first-order valence-electron chi connectivity index (χ1n) is 6.50. The highest BCUT2D eigenvalue weighted by molar-refractivity contribution is 7.09. The Bertz CT molecular complexity index is 523. The second kappa shape index (κ2) is 6.35. The number of nitrogens with one attached hydrogen (secondary N) is 1. The van der Waals surface area contributed by atoms with Crippen molar-refractivity contribution in [1.82, 2.24) is 10.3 Å².